The lowest BCUT2D eigenvalue weighted by molar-refractivity contribution is -0.143. The third-order valence-electron chi connectivity index (χ3n) is 6.28. The van der Waals surface area contributed by atoms with Crippen LogP contribution in [0.1, 0.15) is 37.1 Å². The van der Waals surface area contributed by atoms with Crippen molar-refractivity contribution >= 4 is 5.97 Å². The van der Waals surface area contributed by atoms with Crippen molar-refractivity contribution < 1.29 is 14.3 Å². The molecule has 0 radical (unpaired) electrons. The Morgan fingerprint density at radius 3 is 2.47 bits per heavy atom. The predicted octanol–water partition coefficient (Wildman–Crippen LogP) is 3.33. The molecule has 1 aliphatic rings. The summed E-state index contributed by atoms with van der Waals surface area (Å²) in [7, 11) is 1.31. The summed E-state index contributed by atoms with van der Waals surface area (Å²) in [6.07, 6.45) is 3.94. The standard InChI is InChI=1S/C26H26N6O4/c1-4-36-25-21(24(33)32-22(26(34)35-3)14-9-16(2)31(25)32)15-17-10-12-18(13-11-17)19-7-5-6-8-20(19)23-27-29-30-28-23/h5-14,16,22H,4,15H2,1-3H3,(H,27,28,29,30). The smallest absolute Gasteiger partial charge is 0.334 e. The van der Waals surface area contributed by atoms with Gasteiger partial charge in [-0.15, -0.1) is 5.10 Å². The number of rotatable bonds is 7. The van der Waals surface area contributed by atoms with E-state index in [0.717, 1.165) is 22.3 Å². The highest BCUT2D eigenvalue weighted by Gasteiger charge is 2.33. The van der Waals surface area contributed by atoms with Gasteiger partial charge >= 0.3 is 5.97 Å². The van der Waals surface area contributed by atoms with Crippen LogP contribution in [0.3, 0.4) is 0 Å². The second kappa shape index (κ2) is 9.65. The fourth-order valence-electron chi connectivity index (χ4n) is 4.60. The van der Waals surface area contributed by atoms with Crippen LogP contribution < -0.4 is 10.3 Å². The van der Waals surface area contributed by atoms with Crippen molar-refractivity contribution in [3.05, 3.63) is 82.2 Å². The summed E-state index contributed by atoms with van der Waals surface area (Å²) in [4.78, 5) is 26.0. The number of methoxy groups -OCH3 is 1. The van der Waals surface area contributed by atoms with E-state index in [-0.39, 0.29) is 11.6 Å². The molecular formula is C26H26N6O4. The van der Waals surface area contributed by atoms with Gasteiger partial charge in [-0.3, -0.25) is 4.79 Å². The molecule has 0 saturated heterocycles. The average molecular weight is 487 g/mol. The molecule has 2 unspecified atom stereocenters. The van der Waals surface area contributed by atoms with Crippen molar-refractivity contribution in [1.82, 2.24) is 30.0 Å². The predicted molar refractivity (Wildman–Crippen MR) is 133 cm³/mol. The Morgan fingerprint density at radius 1 is 1.06 bits per heavy atom. The van der Waals surface area contributed by atoms with Gasteiger partial charge in [0.2, 0.25) is 5.88 Å². The molecule has 0 amide bonds. The minimum absolute atomic E-state index is 0.154. The van der Waals surface area contributed by atoms with E-state index in [1.807, 2.05) is 68.5 Å². The molecule has 10 heteroatoms. The van der Waals surface area contributed by atoms with Gasteiger partial charge in [0.1, 0.15) is 0 Å². The number of H-pyrrole nitrogens is 1. The van der Waals surface area contributed by atoms with Crippen LogP contribution in [0.25, 0.3) is 22.5 Å². The number of esters is 1. The number of tetrazole rings is 1. The molecule has 3 heterocycles. The average Bonchev–Trinajstić information content (AvgIpc) is 3.53. The highest BCUT2D eigenvalue weighted by atomic mass is 16.5. The molecule has 0 spiro atoms. The van der Waals surface area contributed by atoms with Gasteiger partial charge in [0, 0.05) is 12.0 Å². The summed E-state index contributed by atoms with van der Waals surface area (Å²) in [5, 5.41) is 14.2. The molecular weight excluding hydrogens is 460 g/mol. The summed E-state index contributed by atoms with van der Waals surface area (Å²) < 4.78 is 14.1. The number of carbonyl (C=O) groups excluding carboxylic acids is 1. The zero-order valence-electron chi connectivity index (χ0n) is 20.2. The zero-order valence-corrected chi connectivity index (χ0v) is 20.2. The Hall–Kier alpha value is -4.47. The zero-order chi connectivity index (χ0) is 25.2. The SMILES string of the molecule is CCOc1c(Cc2ccc(-c3ccccc3-c3nnn[nH]3)cc2)c(=O)n2n1C(C)C=CC2C(=O)OC. The molecule has 0 fully saturated rings. The van der Waals surface area contributed by atoms with E-state index in [1.54, 1.807) is 10.8 Å². The van der Waals surface area contributed by atoms with E-state index in [2.05, 4.69) is 20.6 Å². The maximum absolute atomic E-state index is 13.6. The lowest BCUT2D eigenvalue weighted by Crippen LogP contribution is -2.36. The van der Waals surface area contributed by atoms with Gasteiger partial charge in [-0.2, -0.15) is 0 Å². The van der Waals surface area contributed by atoms with Gasteiger partial charge in [-0.1, -0.05) is 60.7 Å². The number of nitrogens with zero attached hydrogens (tertiary/aromatic N) is 5. The Morgan fingerprint density at radius 2 is 1.81 bits per heavy atom. The quantitative estimate of drug-likeness (QED) is 0.315. The fourth-order valence-corrected chi connectivity index (χ4v) is 4.60. The first-order valence-corrected chi connectivity index (χ1v) is 11.7. The molecule has 2 aromatic carbocycles. The number of aromatic amines is 1. The Labute approximate surface area is 207 Å². The van der Waals surface area contributed by atoms with Gasteiger partial charge in [0.05, 0.1) is 25.3 Å². The van der Waals surface area contributed by atoms with E-state index in [0.29, 0.717) is 30.3 Å². The Bertz CT molecular complexity index is 1470. The monoisotopic (exact) mass is 486 g/mol. The van der Waals surface area contributed by atoms with Crippen molar-refractivity contribution in [2.24, 2.45) is 0 Å². The van der Waals surface area contributed by atoms with Crippen LogP contribution >= 0.6 is 0 Å². The van der Waals surface area contributed by atoms with Crippen LogP contribution in [-0.2, 0) is 16.0 Å². The van der Waals surface area contributed by atoms with E-state index in [4.69, 9.17) is 9.47 Å². The van der Waals surface area contributed by atoms with Gasteiger partial charge in [0.15, 0.2) is 11.9 Å². The molecule has 1 aliphatic heterocycles. The summed E-state index contributed by atoms with van der Waals surface area (Å²) in [5.74, 6) is 0.561. The second-order valence-electron chi connectivity index (χ2n) is 8.47. The van der Waals surface area contributed by atoms with Crippen LogP contribution in [0.15, 0.2) is 65.5 Å². The Balaban J connectivity index is 1.51. The maximum Gasteiger partial charge on any atom is 0.334 e. The summed E-state index contributed by atoms with van der Waals surface area (Å²) in [6.45, 7) is 4.21. The molecule has 2 aromatic heterocycles. The van der Waals surface area contributed by atoms with E-state index in [9.17, 15) is 9.59 Å². The van der Waals surface area contributed by atoms with Crippen molar-refractivity contribution in [2.45, 2.75) is 32.4 Å². The van der Waals surface area contributed by atoms with Gasteiger partial charge < -0.3 is 9.47 Å². The molecule has 1 N–H and O–H groups in total. The van der Waals surface area contributed by atoms with Crippen LogP contribution in [-0.4, -0.2) is 49.7 Å². The second-order valence-corrected chi connectivity index (χ2v) is 8.47. The van der Waals surface area contributed by atoms with Crippen LogP contribution in [0, 0.1) is 0 Å². The molecule has 184 valence electrons. The number of hydrogen-bond donors (Lipinski definition) is 1. The number of nitrogens with one attached hydrogen (secondary N) is 1. The number of benzene rings is 2. The molecule has 2 atom stereocenters. The van der Waals surface area contributed by atoms with Gasteiger partial charge in [0.25, 0.3) is 5.56 Å². The Kier molecular flexibility index (Phi) is 6.24. The topological polar surface area (TPSA) is 117 Å². The fraction of sp³-hybridized carbons (Fsp3) is 0.269. The molecule has 0 bridgehead atoms. The van der Waals surface area contributed by atoms with E-state index < -0.39 is 12.0 Å². The first kappa shape index (κ1) is 23.3. The highest BCUT2D eigenvalue weighted by Crippen LogP contribution is 2.32. The third-order valence-corrected chi connectivity index (χ3v) is 6.28. The van der Waals surface area contributed by atoms with Crippen molar-refractivity contribution in [2.75, 3.05) is 13.7 Å². The number of ether oxygens (including phenoxy) is 2. The number of fused-ring (bicyclic) bond motifs is 1. The van der Waals surface area contributed by atoms with Crippen LogP contribution in [0.2, 0.25) is 0 Å². The summed E-state index contributed by atoms with van der Waals surface area (Å²) >= 11 is 0. The first-order valence-electron chi connectivity index (χ1n) is 11.7. The number of allylic oxidation sites excluding steroid dienone is 1. The summed E-state index contributed by atoms with van der Waals surface area (Å²) in [5.41, 5.74) is 4.04. The minimum Gasteiger partial charge on any atom is -0.478 e. The molecule has 4 aromatic rings. The molecule has 10 nitrogen and oxygen atoms in total. The molecule has 0 saturated carbocycles. The third kappa shape index (κ3) is 4.00. The largest absolute Gasteiger partial charge is 0.478 e. The normalized spacial score (nSPS) is 16.5. The van der Waals surface area contributed by atoms with Crippen LogP contribution in [0.5, 0.6) is 5.88 Å². The number of carbonyl (C=O) groups is 1. The van der Waals surface area contributed by atoms with Crippen molar-refractivity contribution in [1.29, 1.82) is 0 Å². The highest BCUT2D eigenvalue weighted by molar-refractivity contribution is 5.80. The van der Waals surface area contributed by atoms with Gasteiger partial charge in [-0.05, 0) is 41.0 Å². The van der Waals surface area contributed by atoms with Crippen molar-refractivity contribution in [3.8, 4) is 28.4 Å². The van der Waals surface area contributed by atoms with Crippen LogP contribution in [0.4, 0.5) is 0 Å². The minimum atomic E-state index is -0.837. The molecule has 0 aliphatic carbocycles. The first-order chi connectivity index (χ1) is 17.5. The van der Waals surface area contributed by atoms with E-state index in [1.165, 1.54) is 11.8 Å². The van der Waals surface area contributed by atoms with E-state index >= 15 is 0 Å². The summed E-state index contributed by atoms with van der Waals surface area (Å²) in [6, 6.07) is 14.9. The van der Waals surface area contributed by atoms with Crippen molar-refractivity contribution in [3.63, 3.8) is 0 Å². The maximum atomic E-state index is 13.6. The number of aromatic nitrogens is 6. The lowest BCUT2D eigenvalue weighted by atomic mass is 9.97. The van der Waals surface area contributed by atoms with Gasteiger partial charge in [-0.25, -0.2) is 19.3 Å². The molecule has 36 heavy (non-hydrogen) atoms. The lowest BCUT2D eigenvalue weighted by Gasteiger charge is -2.26. The number of hydrogen-bond acceptors (Lipinski definition) is 7. The molecule has 5 rings (SSSR count).